The van der Waals surface area contributed by atoms with Crippen molar-refractivity contribution in [2.45, 2.75) is 25.3 Å². The molecule has 2 aliphatic heterocycles. The molecule has 0 saturated carbocycles. The van der Waals surface area contributed by atoms with Crippen molar-refractivity contribution < 1.29 is 18.4 Å². The summed E-state index contributed by atoms with van der Waals surface area (Å²) < 4.78 is 28.9. The highest BCUT2D eigenvalue weighted by Crippen LogP contribution is 2.54. The second-order valence-corrected chi connectivity index (χ2v) is 9.84. The molecule has 0 aromatic heterocycles. The van der Waals surface area contributed by atoms with Crippen molar-refractivity contribution in [1.82, 2.24) is 4.90 Å². The minimum absolute atomic E-state index is 0.182. The quantitative estimate of drug-likeness (QED) is 0.535. The molecule has 3 amide bonds. The number of thioether (sulfide) groups is 1. The molecule has 1 atom stereocenters. The number of nitrogens with one attached hydrogen (secondary N) is 1. The number of anilines is 2. The number of benzene rings is 3. The number of nitrogens with zero attached hydrogens (tertiary/aromatic N) is 2. The average Bonchev–Trinajstić information content (AvgIpc) is 3.35. The van der Waals surface area contributed by atoms with Gasteiger partial charge in [-0.25, -0.2) is 13.6 Å². The lowest BCUT2D eigenvalue weighted by Gasteiger charge is -2.33. The number of carbonyl (C=O) groups excluding carboxylic acids is 2. The lowest BCUT2D eigenvalue weighted by Crippen LogP contribution is -2.51. The van der Waals surface area contributed by atoms with Crippen molar-refractivity contribution in [2.24, 2.45) is 0 Å². The standard InChI is InChI=1S/C26H23F2N3O2S/c1-16-6-9-18(10-7-16)29-25(33)31-12-13-34-26(31)20-14-17(2)8-11-23(20)30(24(26)32)15-19-21(27)4-3-5-22(19)28/h3-11,14H,12-13,15H2,1-2H3,(H,29,33)/t26-/m1/s1. The highest BCUT2D eigenvalue weighted by molar-refractivity contribution is 8.01. The summed E-state index contributed by atoms with van der Waals surface area (Å²) in [4.78, 5) is 29.0. The van der Waals surface area contributed by atoms with Crippen molar-refractivity contribution in [1.29, 1.82) is 0 Å². The Kier molecular flexibility index (Phi) is 5.56. The first kappa shape index (κ1) is 22.4. The zero-order valence-electron chi connectivity index (χ0n) is 18.8. The summed E-state index contributed by atoms with van der Waals surface area (Å²) in [7, 11) is 0. The van der Waals surface area contributed by atoms with E-state index in [1.54, 1.807) is 6.07 Å². The van der Waals surface area contributed by atoms with E-state index in [0.29, 0.717) is 29.2 Å². The number of fused-ring (bicyclic) bond motifs is 2. The van der Waals surface area contributed by atoms with Crippen molar-refractivity contribution in [3.63, 3.8) is 0 Å². The Bertz CT molecular complexity index is 1280. The molecule has 0 radical (unpaired) electrons. The van der Waals surface area contributed by atoms with E-state index in [1.165, 1.54) is 39.8 Å². The van der Waals surface area contributed by atoms with Crippen LogP contribution in [0.3, 0.4) is 0 Å². The Morgan fingerprint density at radius 3 is 2.41 bits per heavy atom. The summed E-state index contributed by atoms with van der Waals surface area (Å²) in [5, 5.41) is 2.89. The Morgan fingerprint density at radius 1 is 1.03 bits per heavy atom. The molecule has 3 aromatic rings. The topological polar surface area (TPSA) is 52.7 Å². The number of amides is 3. The molecular formula is C26H23F2N3O2S. The highest BCUT2D eigenvalue weighted by Gasteiger charge is 2.59. The second-order valence-electron chi connectivity index (χ2n) is 8.55. The van der Waals surface area contributed by atoms with Crippen LogP contribution < -0.4 is 10.2 Å². The SMILES string of the molecule is Cc1ccc(NC(=O)N2CCS[C@]23C(=O)N(Cc2c(F)cccc2F)c2ccc(C)cc23)cc1. The number of hydrogen-bond acceptors (Lipinski definition) is 3. The summed E-state index contributed by atoms with van der Waals surface area (Å²) in [6, 6.07) is 16.2. The summed E-state index contributed by atoms with van der Waals surface area (Å²) in [5.41, 5.74) is 3.66. The smallest absolute Gasteiger partial charge is 0.308 e. The number of carbonyl (C=O) groups is 2. The number of halogens is 2. The molecule has 0 bridgehead atoms. The largest absolute Gasteiger partial charge is 0.323 e. The van der Waals surface area contributed by atoms with E-state index in [9.17, 15) is 18.4 Å². The molecule has 1 fully saturated rings. The van der Waals surface area contributed by atoms with E-state index < -0.39 is 22.5 Å². The molecule has 34 heavy (non-hydrogen) atoms. The molecule has 2 aliphatic rings. The van der Waals surface area contributed by atoms with Crippen molar-refractivity contribution in [2.75, 3.05) is 22.5 Å². The van der Waals surface area contributed by atoms with E-state index in [0.717, 1.165) is 11.1 Å². The number of hydrogen-bond donors (Lipinski definition) is 1. The van der Waals surface area contributed by atoms with Crippen molar-refractivity contribution >= 4 is 35.1 Å². The Balaban J connectivity index is 1.55. The second kappa shape index (κ2) is 8.43. The fourth-order valence-electron chi connectivity index (χ4n) is 4.56. The third-order valence-electron chi connectivity index (χ3n) is 6.27. The van der Waals surface area contributed by atoms with Crippen LogP contribution in [-0.2, 0) is 16.2 Å². The van der Waals surface area contributed by atoms with Crippen LogP contribution >= 0.6 is 11.8 Å². The third-order valence-corrected chi connectivity index (χ3v) is 7.69. The molecule has 5 rings (SSSR count). The fourth-order valence-corrected chi connectivity index (χ4v) is 6.01. The van der Waals surface area contributed by atoms with E-state index in [1.807, 2.05) is 50.2 Å². The average molecular weight is 480 g/mol. The van der Waals surface area contributed by atoms with Crippen LogP contribution in [0, 0.1) is 25.5 Å². The van der Waals surface area contributed by atoms with Gasteiger partial charge in [0.25, 0.3) is 5.91 Å². The molecule has 1 N–H and O–H groups in total. The molecule has 1 spiro atoms. The molecule has 5 nitrogen and oxygen atoms in total. The fraction of sp³-hybridized carbons (Fsp3) is 0.231. The van der Waals surface area contributed by atoms with Crippen LogP contribution in [-0.4, -0.2) is 29.1 Å². The van der Waals surface area contributed by atoms with Crippen LogP contribution in [0.4, 0.5) is 25.0 Å². The summed E-state index contributed by atoms with van der Waals surface area (Å²) in [6.07, 6.45) is 0. The van der Waals surface area contributed by atoms with Gasteiger partial charge in [-0.1, -0.05) is 41.5 Å². The van der Waals surface area contributed by atoms with Gasteiger partial charge < -0.3 is 10.2 Å². The monoisotopic (exact) mass is 479 g/mol. The molecule has 8 heteroatoms. The van der Waals surface area contributed by atoms with Crippen LogP contribution in [0.2, 0.25) is 0 Å². The van der Waals surface area contributed by atoms with Crippen LogP contribution in [0.15, 0.2) is 60.7 Å². The maximum Gasteiger partial charge on any atom is 0.323 e. The first-order chi connectivity index (χ1) is 16.3. The molecule has 0 aliphatic carbocycles. The predicted molar refractivity (Wildman–Crippen MR) is 130 cm³/mol. The Morgan fingerprint density at radius 2 is 1.71 bits per heavy atom. The zero-order valence-corrected chi connectivity index (χ0v) is 19.6. The van der Waals surface area contributed by atoms with E-state index in [2.05, 4.69) is 5.32 Å². The molecule has 0 unspecified atom stereocenters. The normalized spacial score (nSPS) is 19.1. The van der Waals surface area contributed by atoms with Crippen LogP contribution in [0.25, 0.3) is 0 Å². The van der Waals surface area contributed by atoms with E-state index >= 15 is 0 Å². The lowest BCUT2D eigenvalue weighted by molar-refractivity contribution is -0.123. The number of rotatable bonds is 3. The van der Waals surface area contributed by atoms with Gasteiger partial charge in [0.15, 0.2) is 4.87 Å². The molecular weight excluding hydrogens is 456 g/mol. The molecule has 174 valence electrons. The van der Waals surface area contributed by atoms with Gasteiger partial charge >= 0.3 is 6.03 Å². The first-order valence-corrected chi connectivity index (χ1v) is 11.9. The molecule has 3 aromatic carbocycles. The van der Waals surface area contributed by atoms with E-state index in [4.69, 9.17) is 0 Å². The van der Waals surface area contributed by atoms with E-state index in [-0.39, 0.29) is 18.0 Å². The zero-order chi connectivity index (χ0) is 24.0. The lowest BCUT2D eigenvalue weighted by atomic mass is 10.0. The van der Waals surface area contributed by atoms with Gasteiger partial charge in [0, 0.05) is 29.1 Å². The minimum Gasteiger partial charge on any atom is -0.308 e. The van der Waals surface area contributed by atoms with Gasteiger partial charge in [0.2, 0.25) is 0 Å². The maximum atomic E-state index is 14.5. The molecule has 1 saturated heterocycles. The van der Waals surface area contributed by atoms with Gasteiger partial charge in [0.05, 0.1) is 12.2 Å². The van der Waals surface area contributed by atoms with Gasteiger partial charge in [-0.05, 0) is 44.2 Å². The van der Waals surface area contributed by atoms with Crippen molar-refractivity contribution in [3.05, 3.63) is 94.6 Å². The Hall–Kier alpha value is -3.39. The maximum absolute atomic E-state index is 14.5. The summed E-state index contributed by atoms with van der Waals surface area (Å²) in [5.74, 6) is -1.24. The van der Waals surface area contributed by atoms with Gasteiger partial charge in [-0.15, -0.1) is 11.8 Å². The van der Waals surface area contributed by atoms with Gasteiger partial charge in [-0.2, -0.15) is 0 Å². The summed E-state index contributed by atoms with van der Waals surface area (Å²) >= 11 is 1.37. The van der Waals surface area contributed by atoms with Gasteiger partial charge in [-0.3, -0.25) is 9.69 Å². The summed E-state index contributed by atoms with van der Waals surface area (Å²) in [6.45, 7) is 3.97. The Labute approximate surface area is 200 Å². The highest BCUT2D eigenvalue weighted by atomic mass is 32.2. The number of urea groups is 1. The first-order valence-electron chi connectivity index (χ1n) is 11.0. The predicted octanol–water partition coefficient (Wildman–Crippen LogP) is 5.56. The van der Waals surface area contributed by atoms with Crippen LogP contribution in [0.1, 0.15) is 22.3 Å². The van der Waals surface area contributed by atoms with Gasteiger partial charge in [0.1, 0.15) is 11.6 Å². The molecule has 2 heterocycles. The van der Waals surface area contributed by atoms with Crippen LogP contribution in [0.5, 0.6) is 0 Å². The third kappa shape index (κ3) is 3.53. The van der Waals surface area contributed by atoms with Crippen molar-refractivity contribution in [3.8, 4) is 0 Å². The minimum atomic E-state index is -1.29. The number of aryl methyl sites for hydroxylation is 2.